The lowest BCUT2D eigenvalue weighted by atomic mass is 9.91. The van der Waals surface area contributed by atoms with Crippen molar-refractivity contribution in [1.82, 2.24) is 15.3 Å². The zero-order valence-electron chi connectivity index (χ0n) is 17.4. The van der Waals surface area contributed by atoms with Crippen molar-refractivity contribution in [2.45, 2.75) is 44.7 Å². The van der Waals surface area contributed by atoms with Gasteiger partial charge in [-0.25, -0.2) is 4.79 Å². The van der Waals surface area contributed by atoms with Gasteiger partial charge in [-0.15, -0.1) is 0 Å². The van der Waals surface area contributed by atoms with Crippen LogP contribution in [0.5, 0.6) is 5.75 Å². The molecule has 0 radical (unpaired) electrons. The Morgan fingerprint density at radius 2 is 1.87 bits per heavy atom. The van der Waals surface area contributed by atoms with E-state index in [9.17, 15) is 14.7 Å². The maximum atomic E-state index is 12.7. The molecule has 5 N–H and O–H groups in total. The topological polar surface area (TPSA) is 121 Å². The van der Waals surface area contributed by atoms with Gasteiger partial charge in [0.2, 0.25) is 0 Å². The first-order valence-corrected chi connectivity index (χ1v) is 10.5. The molecule has 1 aromatic heterocycles. The normalized spacial score (nSPS) is 18.5. The molecule has 2 aromatic carbocycles. The van der Waals surface area contributed by atoms with E-state index < -0.39 is 5.69 Å². The van der Waals surface area contributed by atoms with Crippen LogP contribution in [0.25, 0.3) is 22.5 Å². The van der Waals surface area contributed by atoms with Crippen molar-refractivity contribution < 1.29 is 9.90 Å². The van der Waals surface area contributed by atoms with Crippen molar-refractivity contribution in [2.75, 3.05) is 0 Å². The first-order chi connectivity index (χ1) is 14.9. The number of aromatic hydroxyl groups is 1. The van der Waals surface area contributed by atoms with E-state index in [-0.39, 0.29) is 23.7 Å². The van der Waals surface area contributed by atoms with Gasteiger partial charge in [-0.2, -0.15) is 4.98 Å². The molecule has 4 rings (SSSR count). The number of nitrogens with zero attached hydrogens (tertiary/aromatic N) is 1. The van der Waals surface area contributed by atoms with Crippen LogP contribution in [0.4, 0.5) is 0 Å². The Morgan fingerprint density at radius 3 is 2.61 bits per heavy atom. The molecule has 1 heterocycles. The Hall–Kier alpha value is -3.45. The van der Waals surface area contributed by atoms with Crippen LogP contribution in [0.3, 0.4) is 0 Å². The number of carbonyl (C=O) groups excluding carboxylic acids is 1. The number of amides is 1. The molecule has 0 bridgehead atoms. The fourth-order valence-corrected chi connectivity index (χ4v) is 3.94. The molecule has 160 valence electrons. The second-order valence-corrected chi connectivity index (χ2v) is 8.15. The van der Waals surface area contributed by atoms with Crippen LogP contribution in [0.15, 0.2) is 53.3 Å². The van der Waals surface area contributed by atoms with Gasteiger partial charge in [0.1, 0.15) is 5.75 Å². The maximum absolute atomic E-state index is 12.7. The van der Waals surface area contributed by atoms with Gasteiger partial charge in [0, 0.05) is 23.2 Å². The Balaban J connectivity index is 1.60. The molecule has 0 atom stereocenters. The fourth-order valence-electron chi connectivity index (χ4n) is 3.94. The summed E-state index contributed by atoms with van der Waals surface area (Å²) in [6.07, 6.45) is 3.61. The number of phenolic OH excluding ortho intramolecular Hbond substituents is 1. The van der Waals surface area contributed by atoms with Gasteiger partial charge in [-0.1, -0.05) is 12.1 Å². The number of phenols is 1. The highest BCUT2D eigenvalue weighted by atomic mass is 16.3. The standard InChI is InChI=1S/C24H26N4O3/c1-14-11-16(5-10-22(14)29)21-13-20(27-24(31)28-21)15-3-2-4-17(12-15)23(30)26-19-8-6-18(25)7-9-19/h2-5,10-13,18-19,29H,6-9,25H2,1H3,(H,26,30)(H,27,28,31). The van der Waals surface area contributed by atoms with Crippen LogP contribution in [0.1, 0.15) is 41.6 Å². The highest BCUT2D eigenvalue weighted by molar-refractivity contribution is 5.95. The first kappa shape index (κ1) is 20.8. The molecule has 31 heavy (non-hydrogen) atoms. The zero-order chi connectivity index (χ0) is 22.0. The third-order valence-electron chi connectivity index (χ3n) is 5.78. The van der Waals surface area contributed by atoms with E-state index in [2.05, 4.69) is 15.3 Å². The minimum Gasteiger partial charge on any atom is -0.508 e. The Morgan fingerprint density at radius 1 is 1.10 bits per heavy atom. The van der Waals surface area contributed by atoms with Crippen molar-refractivity contribution in [3.8, 4) is 28.3 Å². The zero-order valence-corrected chi connectivity index (χ0v) is 17.4. The highest BCUT2D eigenvalue weighted by Gasteiger charge is 2.20. The molecule has 0 unspecified atom stereocenters. The van der Waals surface area contributed by atoms with Crippen LogP contribution in [0.2, 0.25) is 0 Å². The lowest BCUT2D eigenvalue weighted by Gasteiger charge is -2.26. The number of aromatic amines is 1. The summed E-state index contributed by atoms with van der Waals surface area (Å²) in [5.74, 6) is 0.0561. The van der Waals surface area contributed by atoms with E-state index in [1.807, 2.05) is 6.07 Å². The molecular formula is C24H26N4O3. The summed E-state index contributed by atoms with van der Waals surface area (Å²) in [4.78, 5) is 31.8. The number of rotatable bonds is 4. The Bertz CT molecular complexity index is 1160. The van der Waals surface area contributed by atoms with Gasteiger partial charge in [0.05, 0.1) is 11.4 Å². The third kappa shape index (κ3) is 4.83. The summed E-state index contributed by atoms with van der Waals surface area (Å²) in [5.41, 5.74) is 9.21. The molecule has 1 amide bonds. The summed E-state index contributed by atoms with van der Waals surface area (Å²) in [7, 11) is 0. The molecule has 7 heteroatoms. The minimum absolute atomic E-state index is 0.137. The van der Waals surface area contributed by atoms with E-state index in [0.29, 0.717) is 28.1 Å². The number of carbonyl (C=O) groups is 1. The van der Waals surface area contributed by atoms with Gasteiger partial charge in [0.25, 0.3) is 5.91 Å². The predicted octanol–water partition coefficient (Wildman–Crippen LogP) is 3.12. The summed E-state index contributed by atoms with van der Waals surface area (Å²) in [6.45, 7) is 1.79. The van der Waals surface area contributed by atoms with Crippen molar-refractivity contribution in [3.05, 3.63) is 70.1 Å². The number of aromatic nitrogens is 2. The van der Waals surface area contributed by atoms with Crippen LogP contribution in [0, 0.1) is 6.92 Å². The van der Waals surface area contributed by atoms with Crippen molar-refractivity contribution in [3.63, 3.8) is 0 Å². The number of nitrogens with two attached hydrogens (primary N) is 1. The molecule has 1 aliphatic carbocycles. The molecular weight excluding hydrogens is 392 g/mol. The highest BCUT2D eigenvalue weighted by Crippen LogP contribution is 2.26. The number of hydrogen-bond donors (Lipinski definition) is 4. The molecule has 0 aliphatic heterocycles. The summed E-state index contributed by atoms with van der Waals surface area (Å²) in [6, 6.07) is 14.4. The van der Waals surface area contributed by atoms with E-state index in [1.54, 1.807) is 49.4 Å². The molecule has 0 spiro atoms. The lowest BCUT2D eigenvalue weighted by Crippen LogP contribution is -2.40. The first-order valence-electron chi connectivity index (χ1n) is 10.5. The largest absolute Gasteiger partial charge is 0.508 e. The molecule has 0 saturated heterocycles. The van der Waals surface area contributed by atoms with Crippen LogP contribution < -0.4 is 16.7 Å². The molecule has 3 aromatic rings. The van der Waals surface area contributed by atoms with Gasteiger partial charge in [-0.3, -0.25) is 4.79 Å². The second kappa shape index (κ2) is 8.73. The average molecular weight is 418 g/mol. The van der Waals surface area contributed by atoms with Gasteiger partial charge >= 0.3 is 5.69 Å². The number of hydrogen-bond acceptors (Lipinski definition) is 5. The predicted molar refractivity (Wildman–Crippen MR) is 120 cm³/mol. The second-order valence-electron chi connectivity index (χ2n) is 8.15. The van der Waals surface area contributed by atoms with E-state index >= 15 is 0 Å². The number of benzene rings is 2. The summed E-state index contributed by atoms with van der Waals surface area (Å²) >= 11 is 0. The SMILES string of the molecule is Cc1cc(-c2cc(-c3cccc(C(=O)NC4CCC(N)CC4)c3)nc(=O)[nH]2)ccc1O. The Kier molecular flexibility index (Phi) is 5.86. The molecule has 7 nitrogen and oxygen atoms in total. The smallest absolute Gasteiger partial charge is 0.345 e. The van der Waals surface area contributed by atoms with E-state index in [0.717, 1.165) is 31.2 Å². The summed E-state index contributed by atoms with van der Waals surface area (Å²) in [5, 5.41) is 12.9. The number of aryl methyl sites for hydroxylation is 1. The van der Waals surface area contributed by atoms with Crippen molar-refractivity contribution >= 4 is 5.91 Å². The fraction of sp³-hybridized carbons (Fsp3) is 0.292. The lowest BCUT2D eigenvalue weighted by molar-refractivity contribution is 0.0926. The number of H-pyrrole nitrogens is 1. The van der Waals surface area contributed by atoms with E-state index in [1.165, 1.54) is 0 Å². The summed E-state index contributed by atoms with van der Waals surface area (Å²) < 4.78 is 0. The minimum atomic E-state index is -0.480. The van der Waals surface area contributed by atoms with Crippen molar-refractivity contribution in [1.29, 1.82) is 0 Å². The number of nitrogens with one attached hydrogen (secondary N) is 2. The maximum Gasteiger partial charge on any atom is 0.345 e. The van der Waals surface area contributed by atoms with Gasteiger partial charge < -0.3 is 21.1 Å². The Labute approximate surface area is 180 Å². The van der Waals surface area contributed by atoms with Gasteiger partial charge in [-0.05, 0) is 80.1 Å². The van der Waals surface area contributed by atoms with Crippen LogP contribution in [-0.2, 0) is 0 Å². The third-order valence-corrected chi connectivity index (χ3v) is 5.78. The molecule has 1 saturated carbocycles. The average Bonchev–Trinajstić information content (AvgIpc) is 2.77. The van der Waals surface area contributed by atoms with E-state index in [4.69, 9.17) is 5.73 Å². The van der Waals surface area contributed by atoms with Crippen LogP contribution >= 0.6 is 0 Å². The van der Waals surface area contributed by atoms with Crippen molar-refractivity contribution in [2.24, 2.45) is 5.73 Å². The molecule has 1 fully saturated rings. The monoisotopic (exact) mass is 418 g/mol. The molecule has 1 aliphatic rings. The van der Waals surface area contributed by atoms with Crippen LogP contribution in [-0.4, -0.2) is 33.1 Å². The van der Waals surface area contributed by atoms with Gasteiger partial charge in [0.15, 0.2) is 0 Å². The quantitative estimate of drug-likeness (QED) is 0.519.